The van der Waals surface area contributed by atoms with E-state index in [2.05, 4.69) is 25.8 Å². The number of rotatable bonds is 13. The summed E-state index contributed by atoms with van der Waals surface area (Å²) < 4.78 is 11.6. The van der Waals surface area contributed by atoms with Gasteiger partial charge in [-0.1, -0.05) is 45.6 Å². The molecule has 26 heavy (non-hydrogen) atoms. The number of nitrogens with two attached hydrogens (primary N) is 1. The van der Waals surface area contributed by atoms with Gasteiger partial charge in [0.2, 0.25) is 5.88 Å². The van der Waals surface area contributed by atoms with Crippen molar-refractivity contribution in [3.05, 3.63) is 24.4 Å². The van der Waals surface area contributed by atoms with Gasteiger partial charge in [-0.3, -0.25) is 5.50 Å². The molecule has 1 aliphatic rings. The van der Waals surface area contributed by atoms with Gasteiger partial charge in [0.25, 0.3) is 0 Å². The number of nitrogens with zero attached hydrogens (tertiary/aromatic N) is 1. The van der Waals surface area contributed by atoms with Gasteiger partial charge in [0.1, 0.15) is 0 Å². The number of hydrogen-bond donors (Lipinski definition) is 1. The molecule has 148 valence electrons. The van der Waals surface area contributed by atoms with Gasteiger partial charge in [0.15, 0.2) is 6.42 Å². The van der Waals surface area contributed by atoms with E-state index in [1.54, 1.807) is 6.20 Å². The Kier molecular flexibility index (Phi) is 8.53. The zero-order valence-electron chi connectivity index (χ0n) is 16.5. The fraction of sp³-hybridized carbons (Fsp3) is 0.750. The molecule has 4 atom stereocenters. The van der Waals surface area contributed by atoms with Crippen LogP contribution in [-0.4, -0.2) is 22.9 Å². The summed E-state index contributed by atoms with van der Waals surface area (Å²) >= 11 is 5.47. The van der Waals surface area contributed by atoms with Gasteiger partial charge in [0.05, 0.1) is 11.7 Å². The molecule has 1 saturated heterocycles. The van der Waals surface area contributed by atoms with Crippen molar-refractivity contribution < 1.29 is 9.26 Å². The third-order valence-electron chi connectivity index (χ3n) is 5.62. The molecular weight excluding hydrogens is 363 g/mol. The summed E-state index contributed by atoms with van der Waals surface area (Å²) in [4.78, 5) is 4.15. The summed E-state index contributed by atoms with van der Waals surface area (Å²) in [6, 6.07) is 5.56. The minimum Gasteiger partial charge on any atom is -0.436 e. The third kappa shape index (κ3) is 7.26. The molecule has 0 spiro atoms. The Balaban J connectivity index is 1.57. The highest BCUT2D eigenvalue weighted by atomic mass is 32.4. The van der Waals surface area contributed by atoms with Crippen LogP contribution in [0.25, 0.3) is 0 Å². The van der Waals surface area contributed by atoms with Gasteiger partial charge in [0, 0.05) is 18.4 Å². The molecule has 2 N–H and O–H groups in total. The van der Waals surface area contributed by atoms with Crippen molar-refractivity contribution in [3.8, 4) is 5.88 Å². The Morgan fingerprint density at radius 2 is 2.12 bits per heavy atom. The molecule has 1 aromatic heterocycles. The molecule has 1 aliphatic heterocycles. The second-order valence-corrected chi connectivity index (χ2v) is 11.6. The van der Waals surface area contributed by atoms with Crippen LogP contribution in [0, 0.1) is 5.92 Å². The summed E-state index contributed by atoms with van der Waals surface area (Å²) in [6.07, 6.45) is 10.3. The van der Waals surface area contributed by atoms with Gasteiger partial charge in [-0.05, 0) is 56.4 Å². The molecular formula is C20H35N2O2PS. The van der Waals surface area contributed by atoms with E-state index >= 15 is 0 Å². The zero-order chi connectivity index (χ0) is 19.0. The summed E-state index contributed by atoms with van der Waals surface area (Å²) in [5, 5.41) is 0. The summed E-state index contributed by atoms with van der Waals surface area (Å²) in [5.74, 6) is 1.36. The molecule has 4 nitrogen and oxygen atoms in total. The first-order chi connectivity index (χ1) is 12.4. The first kappa shape index (κ1) is 21.8. The Morgan fingerprint density at radius 3 is 2.73 bits per heavy atom. The predicted molar refractivity (Wildman–Crippen MR) is 113 cm³/mol. The number of hydrogen-bond acceptors (Lipinski definition) is 4. The van der Waals surface area contributed by atoms with Crippen molar-refractivity contribution in [2.24, 2.45) is 11.4 Å². The van der Waals surface area contributed by atoms with E-state index in [1.807, 2.05) is 18.2 Å². The van der Waals surface area contributed by atoms with E-state index in [0.29, 0.717) is 12.0 Å². The van der Waals surface area contributed by atoms with Crippen LogP contribution in [0.5, 0.6) is 5.88 Å². The second kappa shape index (κ2) is 10.2. The minimum atomic E-state index is -2.27. The van der Waals surface area contributed by atoms with Crippen LogP contribution in [-0.2, 0) is 16.5 Å². The van der Waals surface area contributed by atoms with Crippen LogP contribution in [0.2, 0.25) is 0 Å². The van der Waals surface area contributed by atoms with E-state index in [0.717, 1.165) is 24.9 Å². The highest BCUT2D eigenvalue weighted by Crippen LogP contribution is 2.43. The normalized spacial score (nSPS) is 25.5. The van der Waals surface area contributed by atoms with E-state index in [9.17, 15) is 0 Å². The molecule has 1 fully saturated rings. The number of pyridine rings is 1. The molecule has 0 radical (unpaired) electrons. The third-order valence-corrected chi connectivity index (χ3v) is 7.83. The van der Waals surface area contributed by atoms with Gasteiger partial charge in [-0.15, -0.1) is 0 Å². The second-order valence-electron chi connectivity index (χ2n) is 7.68. The van der Waals surface area contributed by atoms with Crippen molar-refractivity contribution in [3.63, 3.8) is 0 Å². The molecule has 0 saturated carbocycles. The minimum absolute atomic E-state index is 0.170. The maximum Gasteiger partial charge on any atom is 0.218 e. The number of aromatic nitrogens is 1. The van der Waals surface area contributed by atoms with Gasteiger partial charge in [-0.25, -0.2) is 4.98 Å². The summed E-state index contributed by atoms with van der Waals surface area (Å²) in [5.41, 5.74) is 6.36. The molecule has 0 bridgehead atoms. The Hall–Kier alpha value is -0.480. The summed E-state index contributed by atoms with van der Waals surface area (Å²) in [7, 11) is 0. The Morgan fingerprint density at radius 1 is 1.31 bits per heavy atom. The van der Waals surface area contributed by atoms with Crippen molar-refractivity contribution in [2.45, 2.75) is 83.8 Å². The summed E-state index contributed by atoms with van der Waals surface area (Å²) in [6.45, 7) is 6.76. The van der Waals surface area contributed by atoms with E-state index < -0.39 is 6.42 Å². The molecule has 0 aliphatic carbocycles. The van der Waals surface area contributed by atoms with E-state index in [-0.39, 0.29) is 5.60 Å². The van der Waals surface area contributed by atoms with Crippen LogP contribution in [0.1, 0.15) is 72.1 Å². The molecule has 0 amide bonds. The largest absolute Gasteiger partial charge is 0.436 e. The highest BCUT2D eigenvalue weighted by molar-refractivity contribution is 8.11. The van der Waals surface area contributed by atoms with Crippen LogP contribution in [0.15, 0.2) is 24.4 Å². The van der Waals surface area contributed by atoms with Gasteiger partial charge in [-0.2, -0.15) is 0 Å². The smallest absolute Gasteiger partial charge is 0.218 e. The van der Waals surface area contributed by atoms with Crippen LogP contribution < -0.4 is 10.0 Å². The van der Waals surface area contributed by atoms with Gasteiger partial charge >= 0.3 is 0 Å². The highest BCUT2D eigenvalue weighted by Gasteiger charge is 2.49. The topological polar surface area (TPSA) is 60.7 Å². The molecule has 6 heteroatoms. The average molecular weight is 399 g/mol. The molecule has 0 aromatic carbocycles. The van der Waals surface area contributed by atoms with E-state index in [4.69, 9.17) is 26.6 Å². The molecule has 1 aromatic rings. The predicted octanol–water partition coefficient (Wildman–Crippen LogP) is 5.66. The fourth-order valence-electron chi connectivity index (χ4n) is 3.45. The quantitative estimate of drug-likeness (QED) is 0.264. The lowest BCUT2D eigenvalue weighted by atomic mass is 9.91. The first-order valence-corrected chi connectivity index (χ1v) is 13.0. The van der Waals surface area contributed by atoms with Crippen molar-refractivity contribution >= 4 is 18.2 Å². The average Bonchev–Trinajstić information content (AvgIpc) is 3.28. The lowest BCUT2D eigenvalue weighted by Gasteiger charge is -2.18. The van der Waals surface area contributed by atoms with Crippen molar-refractivity contribution in [1.82, 2.24) is 4.98 Å². The SMILES string of the molecule is CCC(CCCCCP(N)(=S)Oc1ccccn1)CCC1OC1(C)CC. The number of ether oxygens (including phenoxy) is 1. The Labute approximate surface area is 164 Å². The molecule has 2 heterocycles. The van der Waals surface area contributed by atoms with Crippen molar-refractivity contribution in [1.29, 1.82) is 0 Å². The van der Waals surface area contributed by atoms with Crippen LogP contribution in [0.3, 0.4) is 0 Å². The van der Waals surface area contributed by atoms with Gasteiger partial charge < -0.3 is 9.26 Å². The monoisotopic (exact) mass is 398 g/mol. The van der Waals surface area contributed by atoms with Crippen LogP contribution >= 0.6 is 6.42 Å². The zero-order valence-corrected chi connectivity index (χ0v) is 18.2. The number of unbranched alkanes of at least 4 members (excludes halogenated alkanes) is 2. The number of epoxide rings is 1. The lowest BCUT2D eigenvalue weighted by Crippen LogP contribution is -2.10. The maximum absolute atomic E-state index is 6.19. The fourth-order valence-corrected chi connectivity index (χ4v) is 5.25. The lowest BCUT2D eigenvalue weighted by molar-refractivity contribution is 0.293. The molecule has 4 unspecified atom stereocenters. The van der Waals surface area contributed by atoms with Crippen LogP contribution in [0.4, 0.5) is 0 Å². The van der Waals surface area contributed by atoms with Crippen molar-refractivity contribution in [2.75, 3.05) is 6.16 Å². The van der Waals surface area contributed by atoms with E-state index in [1.165, 1.54) is 38.5 Å². The Bertz CT molecular complexity index is 586. The standard InChI is InChI=1S/C20H35N2O2PS/c1-4-17(13-14-18-20(3,5-2)23-18)11-7-6-10-16-25(21,26)24-19-12-8-9-15-22-19/h8-9,12,15,17-18H,4-7,10-11,13-14,16H2,1-3H3,(H2,21,26). The first-order valence-electron chi connectivity index (χ1n) is 10.0. The molecule has 2 rings (SSSR count). The maximum atomic E-state index is 6.19.